The number of nitrogens with one attached hydrogen (secondary N) is 3. The van der Waals surface area contributed by atoms with E-state index in [4.69, 9.17) is 11.6 Å². The molecule has 1 heterocycles. The van der Waals surface area contributed by atoms with Crippen molar-refractivity contribution in [3.8, 4) is 0 Å². The molecule has 3 N–H and O–H groups in total. The zero-order chi connectivity index (χ0) is 20.8. The molecule has 0 atom stereocenters. The number of hydrogen-bond acceptors (Lipinski definition) is 3. The third kappa shape index (κ3) is 5.92. The Kier molecular flexibility index (Phi) is 7.06. The van der Waals surface area contributed by atoms with Crippen molar-refractivity contribution < 1.29 is 18.9 Å². The zero-order valence-corrected chi connectivity index (χ0v) is 17.1. The molecule has 1 aliphatic heterocycles. The van der Waals surface area contributed by atoms with Gasteiger partial charge in [-0.05, 0) is 48.9 Å². The van der Waals surface area contributed by atoms with Crippen LogP contribution in [0.1, 0.15) is 5.56 Å². The topological polar surface area (TPSA) is 65.9 Å². The molecule has 1 aliphatic rings. The van der Waals surface area contributed by atoms with Crippen molar-refractivity contribution >= 4 is 34.8 Å². The highest BCUT2D eigenvalue weighted by molar-refractivity contribution is 6.31. The average molecular weight is 420 g/mol. The Balaban J connectivity index is 1.39. The van der Waals surface area contributed by atoms with Crippen molar-refractivity contribution in [3.05, 3.63) is 58.9 Å². The highest BCUT2D eigenvalue weighted by atomic mass is 35.5. The fourth-order valence-corrected chi connectivity index (χ4v) is 3.49. The Morgan fingerprint density at radius 2 is 1.79 bits per heavy atom. The van der Waals surface area contributed by atoms with Gasteiger partial charge in [0.15, 0.2) is 6.54 Å². The van der Waals surface area contributed by atoms with Crippen LogP contribution in [0.3, 0.4) is 0 Å². The Labute approximate surface area is 174 Å². The first-order valence-corrected chi connectivity index (χ1v) is 9.96. The Hall–Kier alpha value is -2.64. The molecule has 1 fully saturated rings. The van der Waals surface area contributed by atoms with Gasteiger partial charge in [-0.25, -0.2) is 4.39 Å². The molecule has 154 valence electrons. The number of rotatable bonds is 6. The summed E-state index contributed by atoms with van der Waals surface area (Å²) in [5.74, 6) is -0.697. The molecule has 0 radical (unpaired) electrons. The normalized spacial score (nSPS) is 14.5. The lowest BCUT2D eigenvalue weighted by atomic mass is 10.2. The molecular weight excluding hydrogens is 395 g/mol. The molecule has 0 aromatic heterocycles. The van der Waals surface area contributed by atoms with Crippen LogP contribution in [0.4, 0.5) is 15.8 Å². The molecule has 0 unspecified atom stereocenters. The van der Waals surface area contributed by atoms with Gasteiger partial charge in [0.25, 0.3) is 5.91 Å². The number of carbonyl (C=O) groups is 2. The number of amides is 2. The zero-order valence-electron chi connectivity index (χ0n) is 16.3. The van der Waals surface area contributed by atoms with Crippen LogP contribution in [0.5, 0.6) is 0 Å². The number of nitrogens with zero attached hydrogens (tertiary/aromatic N) is 1. The minimum atomic E-state index is -0.292. The fourth-order valence-electron chi connectivity index (χ4n) is 3.32. The van der Waals surface area contributed by atoms with Crippen LogP contribution < -0.4 is 20.4 Å². The molecule has 1 saturated heterocycles. The van der Waals surface area contributed by atoms with Crippen molar-refractivity contribution in [1.82, 2.24) is 5.32 Å². The molecule has 8 heteroatoms. The molecule has 2 amide bonds. The van der Waals surface area contributed by atoms with E-state index in [0.717, 1.165) is 42.3 Å². The second-order valence-corrected chi connectivity index (χ2v) is 7.53. The van der Waals surface area contributed by atoms with E-state index < -0.39 is 0 Å². The molecule has 0 bridgehead atoms. The number of piperazine rings is 1. The van der Waals surface area contributed by atoms with Gasteiger partial charge in [0.05, 0.1) is 32.7 Å². The Morgan fingerprint density at radius 1 is 1.10 bits per heavy atom. The maximum atomic E-state index is 13.0. The summed E-state index contributed by atoms with van der Waals surface area (Å²) in [6.45, 7) is 5.26. The van der Waals surface area contributed by atoms with Gasteiger partial charge in [-0.15, -0.1) is 0 Å². The highest BCUT2D eigenvalue weighted by Crippen LogP contribution is 2.22. The molecule has 3 rings (SSSR count). The lowest BCUT2D eigenvalue weighted by Gasteiger charge is -2.33. The van der Waals surface area contributed by atoms with E-state index in [1.54, 1.807) is 30.3 Å². The SMILES string of the molecule is Cc1c(Cl)cccc1NC(=O)CNC(=O)C[NH+]1CCN(c2ccc(F)cc2)CC1. The smallest absolute Gasteiger partial charge is 0.275 e. The van der Waals surface area contributed by atoms with Crippen LogP contribution in [0.25, 0.3) is 0 Å². The third-order valence-corrected chi connectivity index (χ3v) is 5.47. The van der Waals surface area contributed by atoms with E-state index in [1.807, 2.05) is 6.92 Å². The van der Waals surface area contributed by atoms with Gasteiger partial charge in [-0.2, -0.15) is 0 Å². The van der Waals surface area contributed by atoms with Gasteiger partial charge >= 0.3 is 0 Å². The van der Waals surface area contributed by atoms with Gasteiger partial charge in [0.2, 0.25) is 5.91 Å². The number of benzene rings is 2. The van der Waals surface area contributed by atoms with Gasteiger partial charge in [0, 0.05) is 16.4 Å². The van der Waals surface area contributed by atoms with Crippen LogP contribution in [0.15, 0.2) is 42.5 Å². The van der Waals surface area contributed by atoms with Crippen LogP contribution in [-0.2, 0) is 9.59 Å². The summed E-state index contributed by atoms with van der Waals surface area (Å²) in [7, 11) is 0. The second kappa shape index (κ2) is 9.71. The Morgan fingerprint density at radius 3 is 2.48 bits per heavy atom. The molecule has 0 saturated carbocycles. The van der Waals surface area contributed by atoms with E-state index in [-0.39, 0.29) is 24.2 Å². The summed E-state index contributed by atoms with van der Waals surface area (Å²) in [6.07, 6.45) is 0. The largest absolute Gasteiger partial charge is 0.360 e. The minimum Gasteiger partial charge on any atom is -0.360 e. The summed E-state index contributed by atoms with van der Waals surface area (Å²) < 4.78 is 13.0. The van der Waals surface area contributed by atoms with Crippen molar-refractivity contribution in [1.29, 1.82) is 0 Å². The quantitative estimate of drug-likeness (QED) is 0.660. The third-order valence-electron chi connectivity index (χ3n) is 5.06. The maximum absolute atomic E-state index is 13.0. The maximum Gasteiger partial charge on any atom is 0.275 e. The molecule has 2 aromatic carbocycles. The summed E-state index contributed by atoms with van der Waals surface area (Å²) in [5, 5.41) is 6.01. The first kappa shape index (κ1) is 21.1. The van der Waals surface area contributed by atoms with Gasteiger partial charge in [-0.3, -0.25) is 9.59 Å². The van der Waals surface area contributed by atoms with Crippen LogP contribution in [0.2, 0.25) is 5.02 Å². The lowest BCUT2D eigenvalue weighted by molar-refractivity contribution is -0.892. The summed E-state index contributed by atoms with van der Waals surface area (Å²) in [5.41, 5.74) is 2.42. The highest BCUT2D eigenvalue weighted by Gasteiger charge is 2.22. The van der Waals surface area contributed by atoms with Crippen LogP contribution in [-0.4, -0.2) is 51.1 Å². The van der Waals surface area contributed by atoms with E-state index in [0.29, 0.717) is 17.3 Å². The predicted octanol–water partition coefficient (Wildman–Crippen LogP) is 1.25. The van der Waals surface area contributed by atoms with E-state index >= 15 is 0 Å². The number of carbonyl (C=O) groups excluding carboxylic acids is 2. The summed E-state index contributed by atoms with van der Waals surface area (Å²) in [6, 6.07) is 11.7. The fraction of sp³-hybridized carbons (Fsp3) is 0.333. The predicted molar refractivity (Wildman–Crippen MR) is 112 cm³/mol. The monoisotopic (exact) mass is 419 g/mol. The summed E-state index contributed by atoms with van der Waals surface area (Å²) in [4.78, 5) is 27.6. The number of anilines is 2. The van der Waals surface area contributed by atoms with Gasteiger partial charge in [-0.1, -0.05) is 17.7 Å². The standard InChI is InChI=1S/C21H24ClFN4O2/c1-15-18(22)3-2-4-19(15)25-20(28)13-24-21(29)14-26-9-11-27(12-10-26)17-7-5-16(23)6-8-17/h2-8H,9-14H2,1H3,(H,24,29)(H,25,28)/p+1. The minimum absolute atomic E-state index is 0.0836. The average Bonchev–Trinajstić information content (AvgIpc) is 2.71. The number of hydrogen-bond donors (Lipinski definition) is 3. The van der Waals surface area contributed by atoms with Crippen LogP contribution in [0, 0.1) is 12.7 Å². The molecule has 0 aliphatic carbocycles. The van der Waals surface area contributed by atoms with Crippen molar-refractivity contribution in [2.45, 2.75) is 6.92 Å². The summed E-state index contributed by atoms with van der Waals surface area (Å²) >= 11 is 6.05. The van der Waals surface area contributed by atoms with E-state index in [2.05, 4.69) is 15.5 Å². The van der Waals surface area contributed by atoms with E-state index in [9.17, 15) is 14.0 Å². The molecule has 6 nitrogen and oxygen atoms in total. The molecule has 0 spiro atoms. The van der Waals surface area contributed by atoms with Gasteiger partial charge in [0.1, 0.15) is 5.82 Å². The van der Waals surface area contributed by atoms with Crippen molar-refractivity contribution in [2.24, 2.45) is 0 Å². The molecule has 29 heavy (non-hydrogen) atoms. The second-order valence-electron chi connectivity index (χ2n) is 7.13. The van der Waals surface area contributed by atoms with Crippen molar-refractivity contribution in [3.63, 3.8) is 0 Å². The number of quaternary nitrogens is 1. The molecular formula is C21H25ClFN4O2+. The first-order valence-electron chi connectivity index (χ1n) is 9.58. The Bertz CT molecular complexity index is 867. The van der Waals surface area contributed by atoms with Crippen molar-refractivity contribution in [2.75, 3.05) is 49.5 Å². The lowest BCUT2D eigenvalue weighted by Crippen LogP contribution is -3.16. The van der Waals surface area contributed by atoms with Gasteiger partial charge < -0.3 is 20.4 Å². The number of halogens is 2. The first-order chi connectivity index (χ1) is 13.9. The molecule has 2 aromatic rings. The van der Waals surface area contributed by atoms with E-state index in [1.165, 1.54) is 12.1 Å². The van der Waals surface area contributed by atoms with Crippen LogP contribution >= 0.6 is 11.6 Å².